The van der Waals surface area contributed by atoms with Gasteiger partial charge in [-0.1, -0.05) is 6.92 Å². The molecular formula is C12H18N4S. The Labute approximate surface area is 106 Å². The summed E-state index contributed by atoms with van der Waals surface area (Å²) in [6, 6.07) is 0.256. The molecule has 17 heavy (non-hydrogen) atoms. The van der Waals surface area contributed by atoms with Crippen molar-refractivity contribution < 1.29 is 0 Å². The number of nitrogens with zero attached hydrogens (tertiary/aromatic N) is 3. The molecule has 0 radical (unpaired) electrons. The van der Waals surface area contributed by atoms with E-state index in [1.54, 1.807) is 11.3 Å². The smallest absolute Gasteiger partial charge is 0.115 e. The van der Waals surface area contributed by atoms with Gasteiger partial charge in [-0.05, 0) is 20.4 Å². The quantitative estimate of drug-likeness (QED) is 0.885. The third-order valence-electron chi connectivity index (χ3n) is 2.80. The molecule has 2 heterocycles. The zero-order valence-corrected chi connectivity index (χ0v) is 11.3. The molecule has 0 saturated carbocycles. The highest BCUT2D eigenvalue weighted by atomic mass is 32.1. The molecule has 2 aromatic heterocycles. The van der Waals surface area contributed by atoms with Gasteiger partial charge in [0.1, 0.15) is 5.01 Å². The second-order valence-electron chi connectivity index (χ2n) is 4.02. The van der Waals surface area contributed by atoms with Crippen LogP contribution in [0.5, 0.6) is 0 Å². The predicted octanol–water partition coefficient (Wildman–Crippen LogP) is 2.23. The summed E-state index contributed by atoms with van der Waals surface area (Å²) < 4.78 is 2.18. The van der Waals surface area contributed by atoms with Crippen molar-refractivity contribution >= 4 is 11.3 Å². The highest BCUT2D eigenvalue weighted by Gasteiger charge is 2.14. The van der Waals surface area contributed by atoms with Gasteiger partial charge in [-0.25, -0.2) is 9.97 Å². The van der Waals surface area contributed by atoms with Crippen LogP contribution in [0.2, 0.25) is 0 Å². The number of hydrogen-bond donors (Lipinski definition) is 1. The summed E-state index contributed by atoms with van der Waals surface area (Å²) in [7, 11) is 1.95. The highest BCUT2D eigenvalue weighted by molar-refractivity contribution is 7.11. The third kappa shape index (κ3) is 2.56. The van der Waals surface area contributed by atoms with Crippen LogP contribution >= 0.6 is 11.3 Å². The monoisotopic (exact) mass is 250 g/mol. The first-order valence-electron chi connectivity index (χ1n) is 5.86. The number of nitrogens with one attached hydrogen (secondary N) is 1. The molecule has 5 heteroatoms. The molecule has 4 nitrogen and oxygen atoms in total. The molecule has 0 saturated heterocycles. The first-order valence-corrected chi connectivity index (χ1v) is 6.67. The molecule has 2 rings (SSSR count). The van der Waals surface area contributed by atoms with Gasteiger partial charge >= 0.3 is 0 Å². The largest absolute Gasteiger partial charge is 0.324 e. The summed E-state index contributed by atoms with van der Waals surface area (Å²) >= 11 is 1.79. The summed E-state index contributed by atoms with van der Waals surface area (Å²) in [5.41, 5.74) is 1.19. The van der Waals surface area contributed by atoms with Gasteiger partial charge in [-0.15, -0.1) is 11.3 Å². The van der Waals surface area contributed by atoms with Gasteiger partial charge in [0.05, 0.1) is 18.1 Å². The molecule has 0 amide bonds. The Morgan fingerprint density at radius 3 is 2.94 bits per heavy atom. The SMILES string of the molecule is CCc1cnc(C(C)n2cncc2CNC)s1. The van der Waals surface area contributed by atoms with E-state index in [2.05, 4.69) is 33.7 Å². The molecule has 1 N–H and O–H groups in total. The molecular weight excluding hydrogens is 232 g/mol. The second-order valence-corrected chi connectivity index (χ2v) is 5.16. The Bertz CT molecular complexity index is 474. The average Bonchev–Trinajstić information content (AvgIpc) is 2.97. The van der Waals surface area contributed by atoms with Crippen molar-refractivity contribution in [3.8, 4) is 0 Å². The first-order chi connectivity index (χ1) is 8.26. The van der Waals surface area contributed by atoms with Crippen LogP contribution in [-0.2, 0) is 13.0 Å². The van der Waals surface area contributed by atoms with Gasteiger partial charge in [0.25, 0.3) is 0 Å². The maximum absolute atomic E-state index is 4.49. The number of aryl methyl sites for hydroxylation is 1. The van der Waals surface area contributed by atoms with Crippen LogP contribution < -0.4 is 5.32 Å². The topological polar surface area (TPSA) is 42.7 Å². The minimum atomic E-state index is 0.256. The molecule has 1 atom stereocenters. The summed E-state index contributed by atoms with van der Waals surface area (Å²) in [5.74, 6) is 0. The van der Waals surface area contributed by atoms with Crippen LogP contribution in [0.15, 0.2) is 18.7 Å². The molecule has 0 fully saturated rings. The van der Waals surface area contributed by atoms with Crippen LogP contribution in [0.25, 0.3) is 0 Å². The van der Waals surface area contributed by atoms with Crippen LogP contribution in [0.3, 0.4) is 0 Å². The summed E-state index contributed by atoms with van der Waals surface area (Å²) in [6.45, 7) is 5.15. The van der Waals surface area contributed by atoms with E-state index in [1.807, 2.05) is 25.8 Å². The summed E-state index contributed by atoms with van der Waals surface area (Å²) in [6.07, 6.45) is 6.81. The van der Waals surface area contributed by atoms with Gasteiger partial charge in [0.15, 0.2) is 0 Å². The average molecular weight is 250 g/mol. The molecule has 1 unspecified atom stereocenters. The van der Waals surface area contributed by atoms with Crippen LogP contribution in [0.1, 0.15) is 35.5 Å². The van der Waals surface area contributed by atoms with Gasteiger partial charge in [0.2, 0.25) is 0 Å². The number of thiazole rings is 1. The first kappa shape index (κ1) is 12.3. The Hall–Kier alpha value is -1.20. The Morgan fingerprint density at radius 2 is 2.29 bits per heavy atom. The van der Waals surface area contributed by atoms with Gasteiger partial charge in [-0.3, -0.25) is 0 Å². The lowest BCUT2D eigenvalue weighted by molar-refractivity contribution is 0.590. The Morgan fingerprint density at radius 1 is 1.47 bits per heavy atom. The highest BCUT2D eigenvalue weighted by Crippen LogP contribution is 2.24. The maximum Gasteiger partial charge on any atom is 0.115 e. The standard InChI is InChI=1S/C12H18N4S/c1-4-11-7-15-12(17-11)9(2)16-8-14-6-10(16)5-13-3/h6-9,13H,4-5H2,1-3H3. The molecule has 2 aromatic rings. The number of imidazole rings is 1. The van der Waals surface area contributed by atoms with Crippen molar-refractivity contribution in [2.24, 2.45) is 0 Å². The molecule has 0 aliphatic carbocycles. The fraction of sp³-hybridized carbons (Fsp3) is 0.500. The van der Waals surface area contributed by atoms with E-state index in [0.717, 1.165) is 18.0 Å². The van der Waals surface area contributed by atoms with E-state index in [0.29, 0.717) is 0 Å². The minimum Gasteiger partial charge on any atom is -0.324 e. The second kappa shape index (κ2) is 5.42. The summed E-state index contributed by atoms with van der Waals surface area (Å²) in [5, 5.41) is 4.31. The van der Waals surface area contributed by atoms with E-state index < -0.39 is 0 Å². The van der Waals surface area contributed by atoms with Crippen molar-refractivity contribution in [2.75, 3.05) is 7.05 Å². The zero-order chi connectivity index (χ0) is 12.3. The fourth-order valence-electron chi connectivity index (χ4n) is 1.80. The summed E-state index contributed by atoms with van der Waals surface area (Å²) in [4.78, 5) is 10.0. The normalized spacial score (nSPS) is 12.9. The van der Waals surface area contributed by atoms with Crippen molar-refractivity contribution in [3.05, 3.63) is 34.3 Å². The third-order valence-corrected chi connectivity index (χ3v) is 4.11. The minimum absolute atomic E-state index is 0.256. The molecule has 0 bridgehead atoms. The van der Waals surface area contributed by atoms with Gasteiger partial charge in [-0.2, -0.15) is 0 Å². The Kier molecular flexibility index (Phi) is 3.91. The molecule has 0 aliphatic heterocycles. The lowest BCUT2D eigenvalue weighted by Crippen LogP contribution is -2.14. The molecule has 0 aromatic carbocycles. The van der Waals surface area contributed by atoms with E-state index in [9.17, 15) is 0 Å². The van der Waals surface area contributed by atoms with Gasteiger partial charge < -0.3 is 9.88 Å². The zero-order valence-electron chi connectivity index (χ0n) is 10.5. The lowest BCUT2D eigenvalue weighted by atomic mass is 10.3. The molecule has 0 spiro atoms. The maximum atomic E-state index is 4.49. The fourth-order valence-corrected chi connectivity index (χ4v) is 2.70. The van der Waals surface area contributed by atoms with Crippen LogP contribution in [-0.4, -0.2) is 21.6 Å². The van der Waals surface area contributed by atoms with Crippen LogP contribution in [0, 0.1) is 0 Å². The van der Waals surface area contributed by atoms with E-state index in [-0.39, 0.29) is 6.04 Å². The van der Waals surface area contributed by atoms with E-state index in [4.69, 9.17) is 0 Å². The number of aromatic nitrogens is 3. The lowest BCUT2D eigenvalue weighted by Gasteiger charge is -2.13. The van der Waals surface area contributed by atoms with Crippen LogP contribution in [0.4, 0.5) is 0 Å². The number of rotatable bonds is 5. The molecule has 0 aliphatic rings. The van der Waals surface area contributed by atoms with E-state index in [1.165, 1.54) is 10.6 Å². The van der Waals surface area contributed by atoms with Gasteiger partial charge in [0, 0.05) is 23.8 Å². The van der Waals surface area contributed by atoms with Crippen molar-refractivity contribution in [3.63, 3.8) is 0 Å². The van der Waals surface area contributed by atoms with Crippen molar-refractivity contribution in [1.29, 1.82) is 0 Å². The van der Waals surface area contributed by atoms with E-state index >= 15 is 0 Å². The van der Waals surface area contributed by atoms with Crippen molar-refractivity contribution in [2.45, 2.75) is 32.9 Å². The molecule has 92 valence electrons. The predicted molar refractivity (Wildman–Crippen MR) is 70.3 cm³/mol. The van der Waals surface area contributed by atoms with Crippen molar-refractivity contribution in [1.82, 2.24) is 19.9 Å². The number of hydrogen-bond acceptors (Lipinski definition) is 4. The Balaban J connectivity index is 2.23.